The van der Waals surface area contributed by atoms with Crippen molar-refractivity contribution in [3.63, 3.8) is 0 Å². The van der Waals surface area contributed by atoms with Crippen molar-refractivity contribution in [3.8, 4) is 0 Å². The van der Waals surface area contributed by atoms with Gasteiger partial charge in [0.05, 0.1) is 15.9 Å². The molecule has 0 radical (unpaired) electrons. The molecule has 0 spiro atoms. The standard InChI is InChI=1S/C21H16BrClN4O2S/c22-15-7-11-17(12-8-15)30(28,29)27-21-20(24-13-14-5-9-16(23)10-6-14)25-18-3-1-2-4-19(18)26-21/h1-12H,13H2,(H,24,25)(H,26,27). The topological polar surface area (TPSA) is 84.0 Å². The molecule has 1 heterocycles. The maximum atomic E-state index is 12.9. The Morgan fingerprint density at radius 2 is 1.43 bits per heavy atom. The van der Waals surface area contributed by atoms with Crippen LogP contribution in [-0.2, 0) is 16.6 Å². The fourth-order valence-corrected chi connectivity index (χ4v) is 4.18. The first-order valence-corrected chi connectivity index (χ1v) is 11.6. The highest BCUT2D eigenvalue weighted by Crippen LogP contribution is 2.25. The summed E-state index contributed by atoms with van der Waals surface area (Å²) in [6.45, 7) is 0.428. The average Bonchev–Trinajstić information content (AvgIpc) is 2.73. The molecule has 30 heavy (non-hydrogen) atoms. The van der Waals surface area contributed by atoms with E-state index in [-0.39, 0.29) is 10.7 Å². The third-order valence-electron chi connectivity index (χ3n) is 4.30. The zero-order chi connectivity index (χ0) is 21.1. The van der Waals surface area contributed by atoms with E-state index < -0.39 is 10.0 Å². The van der Waals surface area contributed by atoms with Crippen LogP contribution in [0.4, 0.5) is 11.6 Å². The van der Waals surface area contributed by atoms with Crippen molar-refractivity contribution in [1.82, 2.24) is 9.97 Å². The van der Waals surface area contributed by atoms with Gasteiger partial charge in [0.15, 0.2) is 11.6 Å². The van der Waals surface area contributed by atoms with Gasteiger partial charge in [0.25, 0.3) is 10.0 Å². The van der Waals surface area contributed by atoms with Crippen LogP contribution in [0.25, 0.3) is 11.0 Å². The van der Waals surface area contributed by atoms with Crippen molar-refractivity contribution >= 4 is 60.2 Å². The van der Waals surface area contributed by atoms with Crippen LogP contribution in [0.5, 0.6) is 0 Å². The zero-order valence-electron chi connectivity index (χ0n) is 15.5. The lowest BCUT2D eigenvalue weighted by atomic mass is 10.2. The molecule has 3 aromatic carbocycles. The number of hydrogen-bond donors (Lipinski definition) is 2. The maximum Gasteiger partial charge on any atom is 0.263 e. The first kappa shape index (κ1) is 20.6. The average molecular weight is 504 g/mol. The molecule has 0 aliphatic carbocycles. The molecule has 0 aliphatic rings. The van der Waals surface area contributed by atoms with E-state index in [1.807, 2.05) is 30.3 Å². The first-order chi connectivity index (χ1) is 14.4. The van der Waals surface area contributed by atoms with E-state index >= 15 is 0 Å². The predicted octanol–water partition coefficient (Wildman–Crippen LogP) is 5.46. The minimum Gasteiger partial charge on any atom is -0.363 e. The summed E-state index contributed by atoms with van der Waals surface area (Å²) in [5.41, 5.74) is 2.21. The quantitative estimate of drug-likeness (QED) is 0.365. The molecule has 0 saturated heterocycles. The maximum absolute atomic E-state index is 12.9. The van der Waals surface area contributed by atoms with Gasteiger partial charge < -0.3 is 5.32 Å². The number of fused-ring (bicyclic) bond motifs is 1. The van der Waals surface area contributed by atoms with Crippen molar-refractivity contribution in [1.29, 1.82) is 0 Å². The van der Waals surface area contributed by atoms with Crippen LogP contribution in [-0.4, -0.2) is 18.4 Å². The second-order valence-corrected chi connectivity index (χ2v) is 9.48. The number of para-hydroxylation sites is 2. The largest absolute Gasteiger partial charge is 0.363 e. The molecule has 9 heteroatoms. The molecule has 0 bridgehead atoms. The molecule has 0 saturated carbocycles. The fraction of sp³-hybridized carbons (Fsp3) is 0.0476. The molecule has 0 fully saturated rings. The minimum atomic E-state index is -3.84. The second kappa shape index (κ2) is 8.59. The monoisotopic (exact) mass is 502 g/mol. The third-order valence-corrected chi connectivity index (χ3v) is 6.43. The molecular formula is C21H16BrClN4O2S. The van der Waals surface area contributed by atoms with E-state index in [1.165, 1.54) is 12.1 Å². The lowest BCUT2D eigenvalue weighted by molar-refractivity contribution is 0.601. The van der Waals surface area contributed by atoms with E-state index in [0.29, 0.717) is 28.4 Å². The molecular weight excluding hydrogens is 488 g/mol. The molecule has 4 aromatic rings. The molecule has 6 nitrogen and oxygen atoms in total. The predicted molar refractivity (Wildman–Crippen MR) is 123 cm³/mol. The van der Waals surface area contributed by atoms with Gasteiger partial charge in [-0.3, -0.25) is 4.72 Å². The van der Waals surface area contributed by atoms with Crippen LogP contribution in [0, 0.1) is 0 Å². The van der Waals surface area contributed by atoms with Crippen molar-refractivity contribution in [3.05, 3.63) is 87.9 Å². The van der Waals surface area contributed by atoms with Gasteiger partial charge in [-0.15, -0.1) is 0 Å². The van der Waals surface area contributed by atoms with Gasteiger partial charge >= 0.3 is 0 Å². The Balaban J connectivity index is 1.68. The van der Waals surface area contributed by atoms with Gasteiger partial charge in [-0.25, -0.2) is 18.4 Å². The lowest BCUT2D eigenvalue weighted by Crippen LogP contribution is -2.16. The molecule has 0 atom stereocenters. The Bertz CT molecular complexity index is 1300. The van der Waals surface area contributed by atoms with Crippen molar-refractivity contribution in [2.45, 2.75) is 11.4 Å². The fourth-order valence-electron chi connectivity index (χ4n) is 2.78. The van der Waals surface area contributed by atoms with Crippen LogP contribution >= 0.6 is 27.5 Å². The molecule has 0 amide bonds. The Kier molecular flexibility index (Phi) is 5.90. The normalized spacial score (nSPS) is 11.4. The van der Waals surface area contributed by atoms with E-state index in [9.17, 15) is 8.42 Å². The molecule has 4 rings (SSSR count). The number of rotatable bonds is 6. The second-order valence-electron chi connectivity index (χ2n) is 6.45. The molecule has 0 unspecified atom stereocenters. The van der Waals surface area contributed by atoms with Crippen molar-refractivity contribution in [2.75, 3.05) is 10.0 Å². The summed E-state index contributed by atoms with van der Waals surface area (Å²) in [6.07, 6.45) is 0. The summed E-state index contributed by atoms with van der Waals surface area (Å²) in [6, 6.07) is 21.0. The lowest BCUT2D eigenvalue weighted by Gasteiger charge is -2.14. The number of halogens is 2. The van der Waals surface area contributed by atoms with E-state index in [0.717, 1.165) is 10.0 Å². The van der Waals surface area contributed by atoms with Gasteiger partial charge in [-0.05, 0) is 54.1 Å². The SMILES string of the molecule is O=S(=O)(Nc1nc2ccccc2nc1NCc1ccc(Cl)cc1)c1ccc(Br)cc1. The summed E-state index contributed by atoms with van der Waals surface area (Å²) >= 11 is 9.25. The number of sulfonamides is 1. The Labute approximate surface area is 187 Å². The van der Waals surface area contributed by atoms with Gasteiger partial charge in [0.2, 0.25) is 0 Å². The number of nitrogens with one attached hydrogen (secondary N) is 2. The Hall–Kier alpha value is -2.68. The number of hydrogen-bond acceptors (Lipinski definition) is 5. The smallest absolute Gasteiger partial charge is 0.263 e. The van der Waals surface area contributed by atoms with Crippen LogP contribution < -0.4 is 10.0 Å². The van der Waals surface area contributed by atoms with Crippen LogP contribution in [0.15, 0.2) is 82.2 Å². The van der Waals surface area contributed by atoms with E-state index in [2.05, 4.69) is 35.9 Å². The molecule has 152 valence electrons. The number of aromatic nitrogens is 2. The van der Waals surface area contributed by atoms with Crippen LogP contribution in [0.2, 0.25) is 5.02 Å². The van der Waals surface area contributed by atoms with Crippen LogP contribution in [0.3, 0.4) is 0 Å². The van der Waals surface area contributed by atoms with Gasteiger partial charge in [0, 0.05) is 16.0 Å². The Morgan fingerprint density at radius 3 is 2.07 bits per heavy atom. The molecule has 0 aliphatic heterocycles. The molecule has 2 N–H and O–H groups in total. The summed E-state index contributed by atoms with van der Waals surface area (Å²) in [5.74, 6) is 0.468. The highest BCUT2D eigenvalue weighted by Gasteiger charge is 2.18. The van der Waals surface area contributed by atoms with Gasteiger partial charge in [-0.2, -0.15) is 0 Å². The summed E-state index contributed by atoms with van der Waals surface area (Å²) in [4.78, 5) is 9.18. The molecule has 1 aromatic heterocycles. The highest BCUT2D eigenvalue weighted by atomic mass is 79.9. The van der Waals surface area contributed by atoms with Crippen molar-refractivity contribution < 1.29 is 8.42 Å². The van der Waals surface area contributed by atoms with Crippen LogP contribution in [0.1, 0.15) is 5.56 Å². The summed E-state index contributed by atoms with van der Waals surface area (Å²) < 4.78 is 29.1. The van der Waals surface area contributed by atoms with Gasteiger partial charge in [-0.1, -0.05) is 51.8 Å². The number of anilines is 2. The van der Waals surface area contributed by atoms with Crippen molar-refractivity contribution in [2.24, 2.45) is 0 Å². The van der Waals surface area contributed by atoms with Gasteiger partial charge in [0.1, 0.15) is 0 Å². The summed E-state index contributed by atoms with van der Waals surface area (Å²) in [7, 11) is -3.84. The van der Waals surface area contributed by atoms with E-state index in [4.69, 9.17) is 11.6 Å². The Morgan fingerprint density at radius 1 is 0.833 bits per heavy atom. The highest BCUT2D eigenvalue weighted by molar-refractivity contribution is 9.10. The summed E-state index contributed by atoms with van der Waals surface area (Å²) in [5, 5.41) is 3.82. The zero-order valence-corrected chi connectivity index (χ0v) is 18.7. The number of nitrogens with zero attached hydrogens (tertiary/aromatic N) is 2. The third kappa shape index (κ3) is 4.72. The first-order valence-electron chi connectivity index (χ1n) is 8.94. The number of benzene rings is 3. The minimum absolute atomic E-state index is 0.129. The van der Waals surface area contributed by atoms with E-state index in [1.54, 1.807) is 30.3 Å².